The number of hydrogen-bond acceptors (Lipinski definition) is 6. The monoisotopic (exact) mass is 430 g/mol. The van der Waals surface area contributed by atoms with Crippen molar-refractivity contribution in [3.63, 3.8) is 0 Å². The molecule has 1 atom stereocenters. The maximum atomic E-state index is 12.8. The molecule has 1 aliphatic heterocycles. The number of ether oxygens (including phenoxy) is 2. The second-order valence-corrected chi connectivity index (χ2v) is 7.51. The average Bonchev–Trinajstić information content (AvgIpc) is 3.14. The van der Waals surface area contributed by atoms with Crippen LogP contribution in [0.1, 0.15) is 66.8 Å². The maximum absolute atomic E-state index is 12.8. The summed E-state index contributed by atoms with van der Waals surface area (Å²) in [6.07, 6.45) is 2.67. The van der Waals surface area contributed by atoms with Gasteiger partial charge in [0.05, 0.1) is 25.5 Å². The Morgan fingerprint density at radius 1 is 1.40 bits per heavy atom. The second kappa shape index (κ2) is 9.80. The van der Waals surface area contributed by atoms with E-state index in [1.54, 1.807) is 19.1 Å². The summed E-state index contributed by atoms with van der Waals surface area (Å²) >= 11 is 6.05. The topological polar surface area (TPSA) is 104 Å². The molecule has 1 N–H and O–H groups in total. The highest BCUT2D eigenvalue weighted by Crippen LogP contribution is 2.35. The van der Waals surface area contributed by atoms with Gasteiger partial charge >= 0.3 is 5.97 Å². The maximum Gasteiger partial charge on any atom is 0.358 e. The van der Waals surface area contributed by atoms with Gasteiger partial charge in [0, 0.05) is 11.1 Å². The van der Waals surface area contributed by atoms with Crippen LogP contribution >= 0.6 is 11.6 Å². The predicted octanol–water partition coefficient (Wildman–Crippen LogP) is 4.74. The first-order valence-corrected chi connectivity index (χ1v) is 10.2. The molecule has 158 valence electrons. The average molecular weight is 431 g/mol. The van der Waals surface area contributed by atoms with Crippen LogP contribution in [-0.2, 0) is 9.47 Å². The molecule has 1 aliphatic rings. The molecule has 1 aromatic heterocycles. The molecule has 2 aromatic rings. The zero-order valence-corrected chi connectivity index (χ0v) is 18.0. The first-order chi connectivity index (χ1) is 14.5. The van der Waals surface area contributed by atoms with Crippen LogP contribution in [0, 0.1) is 5.53 Å². The van der Waals surface area contributed by atoms with Crippen LogP contribution in [0.15, 0.2) is 35.5 Å². The Labute approximate surface area is 180 Å². The van der Waals surface area contributed by atoms with Crippen molar-refractivity contribution >= 4 is 23.1 Å². The van der Waals surface area contributed by atoms with E-state index in [1.165, 1.54) is 0 Å². The van der Waals surface area contributed by atoms with E-state index in [4.69, 9.17) is 31.6 Å². The minimum atomic E-state index is -0.705. The number of halogens is 1. The lowest BCUT2D eigenvalue weighted by molar-refractivity contribution is 0.0518. The summed E-state index contributed by atoms with van der Waals surface area (Å²) < 4.78 is 12.7. The minimum absolute atomic E-state index is 0.0230. The van der Waals surface area contributed by atoms with Gasteiger partial charge in [-0.2, -0.15) is 0 Å². The minimum Gasteiger partial charge on any atom is -0.461 e. The highest BCUT2D eigenvalue weighted by atomic mass is 35.5. The van der Waals surface area contributed by atoms with Gasteiger partial charge in [-0.15, -0.1) is 0 Å². The molecule has 30 heavy (non-hydrogen) atoms. The molecule has 0 bridgehead atoms. The van der Waals surface area contributed by atoms with Gasteiger partial charge < -0.3 is 14.0 Å². The number of esters is 1. The number of carbonyl (C=O) groups is 1. The normalized spacial score (nSPS) is 14.8. The number of hydrogen-bond donors (Lipinski definition) is 1. The van der Waals surface area contributed by atoms with Crippen molar-refractivity contribution in [2.75, 3.05) is 19.8 Å². The molecule has 0 spiro atoms. The smallest absolute Gasteiger partial charge is 0.358 e. The molecule has 0 fully saturated rings. The largest absolute Gasteiger partial charge is 0.461 e. The summed E-state index contributed by atoms with van der Waals surface area (Å²) in [5.41, 5.74) is 9.85. The fourth-order valence-corrected chi connectivity index (χ4v) is 3.64. The summed E-state index contributed by atoms with van der Waals surface area (Å²) in [6.45, 7) is 7.09. The quantitative estimate of drug-likeness (QED) is 0.389. The predicted molar refractivity (Wildman–Crippen MR) is 113 cm³/mol. The molecule has 0 aliphatic carbocycles. The molecule has 8 nitrogen and oxygen atoms in total. The lowest BCUT2D eigenvalue weighted by atomic mass is 10.0. The molecule has 0 saturated carbocycles. The van der Waals surface area contributed by atoms with Crippen LogP contribution in [0.2, 0.25) is 5.02 Å². The zero-order chi connectivity index (χ0) is 21.7. The van der Waals surface area contributed by atoms with E-state index in [0.29, 0.717) is 36.2 Å². The molecule has 1 aromatic carbocycles. The van der Waals surface area contributed by atoms with Crippen LogP contribution in [0.5, 0.6) is 0 Å². The van der Waals surface area contributed by atoms with Crippen molar-refractivity contribution < 1.29 is 14.3 Å². The SMILES string of the molecule is CCOC(=O)c1nc(C2=CCOCC2)n(C(C)C)c1C(N=[N+]=N)c1ccc(Cl)cc1. The molecular weight excluding hydrogens is 406 g/mol. The fraction of sp³-hybridized carbons (Fsp3) is 0.429. The summed E-state index contributed by atoms with van der Waals surface area (Å²) in [5, 5.41) is 4.71. The van der Waals surface area contributed by atoms with Crippen LogP contribution < -0.4 is 4.91 Å². The molecule has 3 rings (SSSR count). The van der Waals surface area contributed by atoms with Gasteiger partial charge in [-0.25, -0.2) is 9.78 Å². The number of nitrogens with zero attached hydrogens (tertiary/aromatic N) is 4. The molecule has 1 unspecified atom stereocenters. The number of carbonyl (C=O) groups excluding carboxylic acids is 1. The molecule has 0 radical (unpaired) electrons. The molecule has 0 amide bonds. The van der Waals surface area contributed by atoms with E-state index in [9.17, 15) is 4.79 Å². The number of imidazole rings is 1. The van der Waals surface area contributed by atoms with Crippen molar-refractivity contribution in [3.05, 3.63) is 58.1 Å². The second-order valence-electron chi connectivity index (χ2n) is 7.08. The molecule has 2 heterocycles. The first-order valence-electron chi connectivity index (χ1n) is 9.86. The number of benzene rings is 1. The van der Waals surface area contributed by atoms with Crippen molar-refractivity contribution in [1.82, 2.24) is 14.5 Å². The van der Waals surface area contributed by atoms with E-state index in [2.05, 4.69) is 10.0 Å². The van der Waals surface area contributed by atoms with E-state index in [0.717, 1.165) is 11.1 Å². The highest BCUT2D eigenvalue weighted by molar-refractivity contribution is 6.30. The summed E-state index contributed by atoms with van der Waals surface area (Å²) in [7, 11) is 0. The Hall–Kier alpha value is -2.80. The summed E-state index contributed by atoms with van der Waals surface area (Å²) in [6, 6.07) is 6.37. The lowest BCUT2D eigenvalue weighted by Gasteiger charge is -2.20. The lowest BCUT2D eigenvalue weighted by Crippen LogP contribution is -2.17. The van der Waals surface area contributed by atoms with Gasteiger partial charge in [-0.1, -0.05) is 29.8 Å². The first kappa shape index (κ1) is 21.9. The van der Waals surface area contributed by atoms with Crippen LogP contribution in [0.3, 0.4) is 0 Å². The van der Waals surface area contributed by atoms with Crippen LogP contribution in [0.25, 0.3) is 5.57 Å². The third-order valence-corrected chi connectivity index (χ3v) is 5.05. The Morgan fingerprint density at radius 2 is 2.13 bits per heavy atom. The van der Waals surface area contributed by atoms with E-state index in [-0.39, 0.29) is 18.3 Å². The van der Waals surface area contributed by atoms with Crippen molar-refractivity contribution in [2.24, 2.45) is 5.11 Å². The van der Waals surface area contributed by atoms with Crippen molar-refractivity contribution in [1.29, 1.82) is 5.53 Å². The van der Waals surface area contributed by atoms with Crippen molar-refractivity contribution in [2.45, 2.75) is 39.3 Å². The van der Waals surface area contributed by atoms with Gasteiger partial charge in [-0.3, -0.25) is 0 Å². The van der Waals surface area contributed by atoms with Gasteiger partial charge in [0.1, 0.15) is 16.5 Å². The van der Waals surface area contributed by atoms with Crippen LogP contribution in [0.4, 0.5) is 0 Å². The third kappa shape index (κ3) is 4.51. The standard InChI is InChI=1S/C21H25ClN5O3/c1-4-30-21(28)18-19(17(25-26-23)14-5-7-16(22)8-6-14)27(13(2)3)20(24-18)15-9-11-29-12-10-15/h5-9,13,17,23H,4,10-12H2,1-3H3/q+1. The van der Waals surface area contributed by atoms with Crippen LogP contribution in [-0.4, -0.2) is 35.3 Å². The molecule has 9 heteroatoms. The van der Waals surface area contributed by atoms with E-state index >= 15 is 0 Å². The fourth-order valence-electron chi connectivity index (χ4n) is 3.52. The number of aromatic nitrogens is 2. The Balaban J connectivity index is 2.29. The summed E-state index contributed by atoms with van der Waals surface area (Å²) in [5.74, 6) is 0.158. The third-order valence-electron chi connectivity index (χ3n) is 4.80. The van der Waals surface area contributed by atoms with Gasteiger partial charge in [-0.05, 0) is 50.5 Å². The molecule has 0 saturated heterocycles. The van der Waals surface area contributed by atoms with Gasteiger partial charge in [0.25, 0.3) is 0 Å². The highest BCUT2D eigenvalue weighted by Gasteiger charge is 2.34. The zero-order valence-electron chi connectivity index (χ0n) is 17.3. The van der Waals surface area contributed by atoms with Gasteiger partial charge in [0.15, 0.2) is 5.69 Å². The Bertz CT molecular complexity index is 991. The Morgan fingerprint density at radius 3 is 2.70 bits per heavy atom. The Kier molecular flexibility index (Phi) is 7.15. The number of nitrogens with one attached hydrogen (secondary N) is 1. The number of rotatable bonds is 7. The summed E-state index contributed by atoms with van der Waals surface area (Å²) in [4.78, 5) is 20.8. The van der Waals surface area contributed by atoms with Gasteiger partial charge in [0.2, 0.25) is 11.0 Å². The van der Waals surface area contributed by atoms with E-state index < -0.39 is 12.0 Å². The van der Waals surface area contributed by atoms with Crippen molar-refractivity contribution in [3.8, 4) is 0 Å². The van der Waals surface area contributed by atoms with E-state index in [1.807, 2.05) is 36.6 Å². The molecular formula is C21H25ClN5O3+.